The molecule has 4 rings (SSSR count). The van der Waals surface area contributed by atoms with Gasteiger partial charge in [0.2, 0.25) is 5.95 Å². The number of carbonyl (C=O) groups is 1. The molecule has 3 aromatic rings. The zero-order valence-electron chi connectivity index (χ0n) is 13.2. The molecule has 1 unspecified atom stereocenters. The Labute approximate surface area is 138 Å². The first-order valence-corrected chi connectivity index (χ1v) is 7.81. The van der Waals surface area contributed by atoms with E-state index in [1.54, 1.807) is 12.3 Å². The molecule has 0 bridgehead atoms. The Balaban J connectivity index is 1.54. The number of carbonyl (C=O) groups excluding carboxylic acids is 1. The summed E-state index contributed by atoms with van der Waals surface area (Å²) in [6, 6.07) is 10.0. The second-order valence-electron chi connectivity index (χ2n) is 5.69. The number of cyclic esters (lactones) is 1. The fourth-order valence-corrected chi connectivity index (χ4v) is 2.79. The number of H-pyrrole nitrogens is 1. The Hall–Kier alpha value is -3.09. The maximum atomic E-state index is 11.6. The van der Waals surface area contributed by atoms with Gasteiger partial charge >= 0.3 is 6.09 Å². The van der Waals surface area contributed by atoms with E-state index in [1.165, 1.54) is 4.90 Å². The van der Waals surface area contributed by atoms with Crippen molar-refractivity contribution in [1.29, 1.82) is 0 Å². The van der Waals surface area contributed by atoms with Gasteiger partial charge in [-0.2, -0.15) is 4.98 Å². The average Bonchev–Trinajstić information content (AvgIpc) is 3.22. The van der Waals surface area contributed by atoms with Gasteiger partial charge in [-0.25, -0.2) is 9.78 Å². The number of nitrogens with zero attached hydrogens (tertiary/aromatic N) is 3. The Kier molecular flexibility index (Phi) is 3.53. The number of fused-ring (bicyclic) bond motifs is 1. The monoisotopic (exact) mass is 323 g/mol. The summed E-state index contributed by atoms with van der Waals surface area (Å²) in [6.45, 7) is 2.95. The van der Waals surface area contributed by atoms with Gasteiger partial charge in [-0.15, -0.1) is 0 Å². The lowest BCUT2D eigenvalue weighted by molar-refractivity contribution is 0.181. The lowest BCUT2D eigenvalue weighted by Crippen LogP contribution is -2.25. The van der Waals surface area contributed by atoms with Crippen molar-refractivity contribution < 1.29 is 9.53 Å². The third kappa shape index (κ3) is 2.64. The molecule has 7 nitrogen and oxygen atoms in total. The highest BCUT2D eigenvalue weighted by Gasteiger charge is 2.25. The van der Waals surface area contributed by atoms with Crippen molar-refractivity contribution in [3.8, 4) is 0 Å². The van der Waals surface area contributed by atoms with Crippen molar-refractivity contribution in [2.75, 3.05) is 23.4 Å². The smallest absolute Gasteiger partial charge is 0.415 e. The van der Waals surface area contributed by atoms with E-state index in [9.17, 15) is 4.79 Å². The zero-order chi connectivity index (χ0) is 16.5. The van der Waals surface area contributed by atoms with Crippen LogP contribution in [0, 0.1) is 0 Å². The minimum Gasteiger partial charge on any atom is -0.447 e. The van der Waals surface area contributed by atoms with Crippen LogP contribution in [-0.2, 0) is 4.74 Å². The molecule has 2 N–H and O–H groups in total. The fraction of sp³-hybridized carbons (Fsp3) is 0.235. The van der Waals surface area contributed by atoms with Crippen LogP contribution < -0.4 is 10.2 Å². The molecule has 1 amide bonds. The third-order valence-electron chi connectivity index (χ3n) is 4.10. The molecular formula is C17H17N5O2. The summed E-state index contributed by atoms with van der Waals surface area (Å²) >= 11 is 0. The van der Waals surface area contributed by atoms with Gasteiger partial charge in [-0.1, -0.05) is 6.07 Å². The number of hydrogen-bond donors (Lipinski definition) is 2. The Morgan fingerprint density at radius 1 is 1.33 bits per heavy atom. The predicted molar refractivity (Wildman–Crippen MR) is 91.1 cm³/mol. The summed E-state index contributed by atoms with van der Waals surface area (Å²) in [7, 11) is 0. The predicted octanol–water partition coefficient (Wildman–Crippen LogP) is 3.09. The van der Waals surface area contributed by atoms with Gasteiger partial charge in [-0.05, 0) is 42.1 Å². The fourth-order valence-electron chi connectivity index (χ4n) is 2.79. The van der Waals surface area contributed by atoms with Crippen LogP contribution in [0.25, 0.3) is 10.9 Å². The van der Waals surface area contributed by atoms with E-state index in [2.05, 4.69) is 38.5 Å². The van der Waals surface area contributed by atoms with Crippen LogP contribution in [0.4, 0.5) is 16.6 Å². The van der Waals surface area contributed by atoms with Crippen molar-refractivity contribution in [2.45, 2.75) is 13.0 Å². The van der Waals surface area contributed by atoms with Gasteiger partial charge in [0.1, 0.15) is 12.4 Å². The van der Waals surface area contributed by atoms with E-state index < -0.39 is 0 Å². The second kappa shape index (κ2) is 5.84. The molecule has 3 heterocycles. The van der Waals surface area contributed by atoms with Crippen molar-refractivity contribution in [1.82, 2.24) is 15.0 Å². The van der Waals surface area contributed by atoms with Gasteiger partial charge in [0.25, 0.3) is 0 Å². The number of aromatic amines is 1. The van der Waals surface area contributed by atoms with E-state index in [0.29, 0.717) is 24.9 Å². The Morgan fingerprint density at radius 3 is 3.08 bits per heavy atom. The van der Waals surface area contributed by atoms with Crippen LogP contribution >= 0.6 is 0 Å². The molecule has 122 valence electrons. The van der Waals surface area contributed by atoms with Gasteiger partial charge in [0.15, 0.2) is 0 Å². The lowest BCUT2D eigenvalue weighted by atomic mass is 10.1. The molecule has 1 fully saturated rings. The lowest BCUT2D eigenvalue weighted by Gasteiger charge is -2.16. The van der Waals surface area contributed by atoms with E-state index >= 15 is 0 Å². The third-order valence-corrected chi connectivity index (χ3v) is 4.10. The van der Waals surface area contributed by atoms with E-state index in [0.717, 1.165) is 16.5 Å². The van der Waals surface area contributed by atoms with Gasteiger partial charge in [-0.3, -0.25) is 4.90 Å². The van der Waals surface area contributed by atoms with E-state index in [-0.39, 0.29) is 12.1 Å². The highest BCUT2D eigenvalue weighted by atomic mass is 16.6. The van der Waals surface area contributed by atoms with Crippen LogP contribution in [-0.4, -0.2) is 34.2 Å². The maximum Gasteiger partial charge on any atom is 0.415 e. The van der Waals surface area contributed by atoms with Gasteiger partial charge in [0.05, 0.1) is 12.6 Å². The summed E-state index contributed by atoms with van der Waals surface area (Å²) in [5.74, 6) is 1.03. The molecule has 0 saturated carbocycles. The largest absolute Gasteiger partial charge is 0.447 e. The van der Waals surface area contributed by atoms with Crippen LogP contribution in [0.1, 0.15) is 18.5 Å². The number of aromatic nitrogens is 3. The molecular weight excluding hydrogens is 306 g/mol. The molecule has 1 aliphatic rings. The second-order valence-corrected chi connectivity index (χ2v) is 5.69. The normalized spacial score (nSPS) is 15.5. The summed E-state index contributed by atoms with van der Waals surface area (Å²) in [5, 5.41) is 4.45. The summed E-state index contributed by atoms with van der Waals surface area (Å²) in [6.07, 6.45) is 3.19. The quantitative estimate of drug-likeness (QED) is 0.771. The summed E-state index contributed by atoms with van der Waals surface area (Å²) in [4.78, 5) is 25.0. The highest BCUT2D eigenvalue weighted by Crippen LogP contribution is 2.23. The first-order valence-electron chi connectivity index (χ1n) is 7.81. The van der Waals surface area contributed by atoms with Gasteiger partial charge < -0.3 is 15.0 Å². The maximum absolute atomic E-state index is 11.6. The number of ether oxygens (including phenoxy) is 1. The van der Waals surface area contributed by atoms with Crippen molar-refractivity contribution in [3.63, 3.8) is 0 Å². The number of benzene rings is 1. The number of anilines is 2. The summed E-state index contributed by atoms with van der Waals surface area (Å²) < 4.78 is 4.95. The number of nitrogens with one attached hydrogen (secondary N) is 2. The van der Waals surface area contributed by atoms with Crippen molar-refractivity contribution in [3.05, 3.63) is 48.3 Å². The molecule has 2 aromatic heterocycles. The zero-order valence-corrected chi connectivity index (χ0v) is 13.2. The van der Waals surface area contributed by atoms with E-state index in [1.807, 2.05) is 19.2 Å². The van der Waals surface area contributed by atoms with Crippen LogP contribution in [0.15, 0.2) is 42.7 Å². The molecule has 24 heavy (non-hydrogen) atoms. The molecule has 7 heteroatoms. The molecule has 1 aliphatic heterocycles. The van der Waals surface area contributed by atoms with Crippen LogP contribution in [0.5, 0.6) is 0 Å². The minimum absolute atomic E-state index is 0.0325. The highest BCUT2D eigenvalue weighted by molar-refractivity contribution is 5.88. The molecule has 0 aliphatic carbocycles. The number of rotatable bonds is 4. The molecule has 1 aromatic carbocycles. The molecule has 1 atom stereocenters. The van der Waals surface area contributed by atoms with E-state index in [4.69, 9.17) is 4.74 Å². The minimum atomic E-state index is -0.370. The van der Waals surface area contributed by atoms with Crippen LogP contribution in [0.2, 0.25) is 0 Å². The topological polar surface area (TPSA) is 83.1 Å². The number of amides is 1. The molecule has 1 saturated heterocycles. The molecule has 0 radical (unpaired) electrons. The first kappa shape index (κ1) is 14.5. The Morgan fingerprint density at radius 2 is 2.25 bits per heavy atom. The number of hydrogen-bond acceptors (Lipinski definition) is 5. The first-order chi connectivity index (χ1) is 11.7. The van der Waals surface area contributed by atoms with Crippen molar-refractivity contribution >= 4 is 28.8 Å². The van der Waals surface area contributed by atoms with Crippen molar-refractivity contribution in [2.24, 2.45) is 0 Å². The summed E-state index contributed by atoms with van der Waals surface area (Å²) in [5.41, 5.74) is 2.24. The van der Waals surface area contributed by atoms with Gasteiger partial charge in [0, 0.05) is 17.9 Å². The SMILES string of the molecule is CC(Nc1nccc(N2CCOC2=O)n1)c1ccc2[nH]ccc2c1. The standard InChI is InChI=1S/C17H17N5O2/c1-11(12-2-3-14-13(10-12)4-6-18-14)20-16-19-7-5-15(21-16)22-8-9-24-17(22)23/h2-7,10-11,18H,8-9H2,1H3,(H,19,20,21). The Bertz CT molecular complexity index is 891. The molecule has 0 spiro atoms. The average molecular weight is 323 g/mol. The van der Waals surface area contributed by atoms with Crippen LogP contribution in [0.3, 0.4) is 0 Å².